The molecular formula is C13H16BrNO3S. The van der Waals surface area contributed by atoms with Gasteiger partial charge in [0.05, 0.1) is 23.6 Å². The predicted octanol–water partition coefficient (Wildman–Crippen LogP) is 2.39. The van der Waals surface area contributed by atoms with Crippen molar-refractivity contribution in [1.29, 1.82) is 0 Å². The Bertz CT molecular complexity index is 575. The van der Waals surface area contributed by atoms with Gasteiger partial charge in [-0.05, 0) is 37.5 Å². The Morgan fingerprint density at radius 1 is 1.32 bits per heavy atom. The molecule has 2 unspecified atom stereocenters. The number of ether oxygens (including phenoxy) is 1. The van der Waals surface area contributed by atoms with Gasteiger partial charge in [0.2, 0.25) is 10.0 Å². The fraction of sp³-hybridized carbons (Fsp3) is 0.538. The van der Waals surface area contributed by atoms with Gasteiger partial charge in [-0.1, -0.05) is 22.0 Å². The molecule has 3 rings (SSSR count). The van der Waals surface area contributed by atoms with Crippen molar-refractivity contribution in [2.75, 3.05) is 13.2 Å². The standard InChI is InChI=1S/C13H16BrNO3S/c14-10-3-1-4-11(9-10)19(16,17)15-7-8-18-13-6-2-5-12(13)15/h1,3-4,9,12-13H,2,5-8H2. The summed E-state index contributed by atoms with van der Waals surface area (Å²) in [4.78, 5) is 0.356. The molecule has 1 aliphatic carbocycles. The number of hydrogen-bond acceptors (Lipinski definition) is 3. The maximum atomic E-state index is 12.7. The van der Waals surface area contributed by atoms with Crippen molar-refractivity contribution >= 4 is 26.0 Å². The van der Waals surface area contributed by atoms with Gasteiger partial charge in [0.1, 0.15) is 0 Å². The summed E-state index contributed by atoms with van der Waals surface area (Å²) in [5.74, 6) is 0. The number of sulfonamides is 1. The second-order valence-electron chi connectivity index (χ2n) is 4.98. The summed E-state index contributed by atoms with van der Waals surface area (Å²) in [6.45, 7) is 0.949. The first-order valence-corrected chi connectivity index (χ1v) is 8.71. The monoisotopic (exact) mass is 345 g/mol. The van der Waals surface area contributed by atoms with Gasteiger partial charge in [0, 0.05) is 11.0 Å². The van der Waals surface area contributed by atoms with Crippen molar-refractivity contribution in [1.82, 2.24) is 4.31 Å². The highest BCUT2D eigenvalue weighted by atomic mass is 79.9. The lowest BCUT2D eigenvalue weighted by Gasteiger charge is -2.36. The van der Waals surface area contributed by atoms with E-state index in [-0.39, 0.29) is 12.1 Å². The van der Waals surface area contributed by atoms with Crippen LogP contribution in [0.3, 0.4) is 0 Å². The molecule has 0 N–H and O–H groups in total. The van der Waals surface area contributed by atoms with Crippen LogP contribution >= 0.6 is 15.9 Å². The minimum absolute atomic E-state index is 0.0118. The van der Waals surface area contributed by atoms with Gasteiger partial charge in [-0.3, -0.25) is 0 Å². The van der Waals surface area contributed by atoms with E-state index in [0.29, 0.717) is 18.0 Å². The van der Waals surface area contributed by atoms with E-state index in [4.69, 9.17) is 4.74 Å². The molecule has 4 nitrogen and oxygen atoms in total. The van der Waals surface area contributed by atoms with Crippen molar-refractivity contribution in [3.63, 3.8) is 0 Å². The summed E-state index contributed by atoms with van der Waals surface area (Å²) in [6, 6.07) is 6.91. The Morgan fingerprint density at radius 3 is 2.95 bits per heavy atom. The van der Waals surface area contributed by atoms with Crippen LogP contribution in [0, 0.1) is 0 Å². The molecular weight excluding hydrogens is 330 g/mol. The molecule has 6 heteroatoms. The first-order chi connectivity index (χ1) is 9.09. The maximum Gasteiger partial charge on any atom is 0.243 e. The Labute approximate surface area is 121 Å². The van der Waals surface area contributed by atoms with E-state index in [9.17, 15) is 8.42 Å². The van der Waals surface area contributed by atoms with E-state index in [2.05, 4.69) is 15.9 Å². The fourth-order valence-corrected chi connectivity index (χ4v) is 5.21. The van der Waals surface area contributed by atoms with Crippen molar-refractivity contribution in [2.24, 2.45) is 0 Å². The normalized spacial score (nSPS) is 28.3. The van der Waals surface area contributed by atoms with Gasteiger partial charge >= 0.3 is 0 Å². The zero-order valence-electron chi connectivity index (χ0n) is 10.5. The first-order valence-electron chi connectivity index (χ1n) is 6.48. The van der Waals surface area contributed by atoms with Crippen LogP contribution in [0.5, 0.6) is 0 Å². The van der Waals surface area contributed by atoms with Crippen LogP contribution in [0.4, 0.5) is 0 Å². The molecule has 0 amide bonds. The van der Waals surface area contributed by atoms with Gasteiger partial charge in [0.15, 0.2) is 0 Å². The molecule has 2 fully saturated rings. The minimum atomic E-state index is -3.42. The molecule has 2 aliphatic rings. The molecule has 19 heavy (non-hydrogen) atoms. The molecule has 0 bridgehead atoms. The second kappa shape index (κ2) is 5.16. The zero-order chi connectivity index (χ0) is 13.5. The van der Waals surface area contributed by atoms with E-state index in [1.54, 1.807) is 22.5 Å². The average molecular weight is 346 g/mol. The van der Waals surface area contributed by atoms with Crippen LogP contribution in [0.25, 0.3) is 0 Å². The highest BCUT2D eigenvalue weighted by Gasteiger charge is 2.42. The predicted molar refractivity (Wildman–Crippen MR) is 75.4 cm³/mol. The van der Waals surface area contributed by atoms with E-state index in [1.807, 2.05) is 6.07 Å². The number of fused-ring (bicyclic) bond motifs is 1. The molecule has 104 valence electrons. The topological polar surface area (TPSA) is 46.6 Å². The summed E-state index contributed by atoms with van der Waals surface area (Å²) in [6.07, 6.45) is 2.99. The van der Waals surface area contributed by atoms with E-state index in [0.717, 1.165) is 23.7 Å². The molecule has 1 aromatic carbocycles. The van der Waals surface area contributed by atoms with Gasteiger partial charge in [-0.15, -0.1) is 0 Å². The summed E-state index contributed by atoms with van der Waals surface area (Å²) in [7, 11) is -3.42. The van der Waals surface area contributed by atoms with Crippen LogP contribution in [0.1, 0.15) is 19.3 Å². The molecule has 0 radical (unpaired) electrons. The fourth-order valence-electron chi connectivity index (χ4n) is 2.95. The van der Waals surface area contributed by atoms with Gasteiger partial charge in [-0.25, -0.2) is 8.42 Å². The summed E-state index contributed by atoms with van der Waals surface area (Å²) < 4.78 is 33.6. The lowest BCUT2D eigenvalue weighted by Crippen LogP contribution is -2.51. The quantitative estimate of drug-likeness (QED) is 0.826. The van der Waals surface area contributed by atoms with Crippen molar-refractivity contribution in [3.05, 3.63) is 28.7 Å². The number of hydrogen-bond donors (Lipinski definition) is 0. The van der Waals surface area contributed by atoms with Crippen LogP contribution in [-0.4, -0.2) is 38.0 Å². The van der Waals surface area contributed by atoms with Gasteiger partial charge in [0.25, 0.3) is 0 Å². The third kappa shape index (κ3) is 2.46. The van der Waals surface area contributed by atoms with Crippen molar-refractivity contribution < 1.29 is 13.2 Å². The molecule has 1 heterocycles. The molecule has 1 aromatic rings. The second-order valence-corrected chi connectivity index (χ2v) is 7.79. The van der Waals surface area contributed by atoms with Crippen LogP contribution < -0.4 is 0 Å². The Morgan fingerprint density at radius 2 is 2.16 bits per heavy atom. The largest absolute Gasteiger partial charge is 0.375 e. The first kappa shape index (κ1) is 13.5. The third-order valence-electron chi connectivity index (χ3n) is 3.83. The highest BCUT2D eigenvalue weighted by Crippen LogP contribution is 2.33. The molecule has 1 aliphatic heterocycles. The maximum absolute atomic E-state index is 12.7. The van der Waals surface area contributed by atoms with Crippen LogP contribution in [0.2, 0.25) is 0 Å². The van der Waals surface area contributed by atoms with Crippen LogP contribution in [0.15, 0.2) is 33.6 Å². The average Bonchev–Trinajstić information content (AvgIpc) is 2.86. The Balaban J connectivity index is 1.95. The minimum Gasteiger partial charge on any atom is -0.375 e. The lowest BCUT2D eigenvalue weighted by atomic mass is 10.2. The van der Waals surface area contributed by atoms with Crippen molar-refractivity contribution in [2.45, 2.75) is 36.3 Å². The number of rotatable bonds is 2. The van der Waals surface area contributed by atoms with Crippen molar-refractivity contribution in [3.8, 4) is 0 Å². The molecule has 0 spiro atoms. The zero-order valence-corrected chi connectivity index (χ0v) is 12.9. The van der Waals surface area contributed by atoms with Crippen LogP contribution in [-0.2, 0) is 14.8 Å². The smallest absolute Gasteiger partial charge is 0.243 e. The molecule has 0 aromatic heterocycles. The third-order valence-corrected chi connectivity index (χ3v) is 6.25. The number of morpholine rings is 1. The van der Waals surface area contributed by atoms with Gasteiger partial charge in [-0.2, -0.15) is 4.31 Å². The molecule has 1 saturated carbocycles. The number of benzene rings is 1. The SMILES string of the molecule is O=S(=O)(c1cccc(Br)c1)N1CCOC2CCCC21. The summed E-state index contributed by atoms with van der Waals surface area (Å²) in [5, 5.41) is 0. The number of nitrogens with zero attached hydrogens (tertiary/aromatic N) is 1. The Kier molecular flexibility index (Phi) is 3.68. The Hall–Kier alpha value is -0.430. The number of halogens is 1. The molecule has 2 atom stereocenters. The van der Waals surface area contributed by atoms with E-state index < -0.39 is 10.0 Å². The lowest BCUT2D eigenvalue weighted by molar-refractivity contribution is -0.0241. The molecule has 1 saturated heterocycles. The van der Waals surface area contributed by atoms with E-state index >= 15 is 0 Å². The summed E-state index contributed by atoms with van der Waals surface area (Å²) >= 11 is 3.33. The van der Waals surface area contributed by atoms with E-state index in [1.165, 1.54) is 0 Å². The summed E-state index contributed by atoms with van der Waals surface area (Å²) in [5.41, 5.74) is 0. The highest BCUT2D eigenvalue weighted by molar-refractivity contribution is 9.10. The van der Waals surface area contributed by atoms with Gasteiger partial charge < -0.3 is 4.74 Å².